The third-order valence-corrected chi connectivity index (χ3v) is 4.67. The van der Waals surface area contributed by atoms with Crippen LogP contribution in [0.15, 0.2) is 12.1 Å². The molecule has 110 valence electrons. The molecule has 0 spiro atoms. The van der Waals surface area contributed by atoms with E-state index in [0.29, 0.717) is 37.4 Å². The monoisotopic (exact) mass is 301 g/mol. The average Bonchev–Trinajstić information content (AvgIpc) is 2.37. The fourth-order valence-corrected chi connectivity index (χ4v) is 3.15. The number of halogens is 1. The van der Waals surface area contributed by atoms with E-state index in [9.17, 15) is 12.8 Å². The molecule has 1 aromatic carbocycles. The lowest BCUT2D eigenvalue weighted by Crippen LogP contribution is -2.48. The van der Waals surface area contributed by atoms with Gasteiger partial charge in [0.05, 0.1) is 17.5 Å². The fourth-order valence-electron chi connectivity index (χ4n) is 2.33. The van der Waals surface area contributed by atoms with Crippen molar-refractivity contribution >= 4 is 27.6 Å². The summed E-state index contributed by atoms with van der Waals surface area (Å²) in [5.74, 6) is -0.436. The molecule has 0 radical (unpaired) electrons. The lowest BCUT2D eigenvalue weighted by molar-refractivity contribution is -0.104. The standard InChI is InChI=1S/C12H17FN4O2S/c1-20(18,19)17-4-2-16(3-5-17)12-7-9(13)6-11(15)10(12)8-14/h6-8,14H,2-5,15H2,1H3/p+1. The zero-order valence-electron chi connectivity index (χ0n) is 11.2. The van der Waals surface area contributed by atoms with Crippen LogP contribution in [0.2, 0.25) is 0 Å². The van der Waals surface area contributed by atoms with Gasteiger partial charge in [-0.25, -0.2) is 12.8 Å². The Hall–Kier alpha value is -1.67. The molecule has 0 atom stereocenters. The van der Waals surface area contributed by atoms with Crippen molar-refractivity contribution in [2.75, 3.05) is 43.1 Å². The predicted octanol–water partition coefficient (Wildman–Crippen LogP) is -1.33. The molecule has 0 saturated carbocycles. The van der Waals surface area contributed by atoms with Crippen LogP contribution < -0.4 is 16.0 Å². The van der Waals surface area contributed by atoms with Crippen LogP contribution in [0.3, 0.4) is 0 Å². The minimum Gasteiger partial charge on any atom is -0.398 e. The lowest BCUT2D eigenvalue weighted by Gasteiger charge is -2.35. The summed E-state index contributed by atoms with van der Waals surface area (Å²) in [5, 5.41) is 5.54. The summed E-state index contributed by atoms with van der Waals surface area (Å²) in [7, 11) is -3.19. The Bertz CT molecular complexity index is 625. The summed E-state index contributed by atoms with van der Waals surface area (Å²) in [4.78, 5) is 1.89. The highest BCUT2D eigenvalue weighted by molar-refractivity contribution is 7.88. The zero-order chi connectivity index (χ0) is 14.9. The average molecular weight is 301 g/mol. The first kappa shape index (κ1) is 14.7. The summed E-state index contributed by atoms with van der Waals surface area (Å²) in [6, 6.07) is 2.58. The van der Waals surface area contributed by atoms with E-state index in [1.807, 2.05) is 4.90 Å². The molecule has 1 aliphatic heterocycles. The summed E-state index contributed by atoms with van der Waals surface area (Å²) in [6.45, 7) is 1.66. The number of sulfonamides is 1. The van der Waals surface area contributed by atoms with Gasteiger partial charge in [-0.3, -0.25) is 5.41 Å². The van der Waals surface area contributed by atoms with Gasteiger partial charge in [0.1, 0.15) is 5.82 Å². The number of hydrogen-bond acceptors (Lipinski definition) is 4. The first-order valence-electron chi connectivity index (χ1n) is 6.17. The molecule has 0 aromatic heterocycles. The first-order valence-corrected chi connectivity index (χ1v) is 8.02. The Labute approximate surface area is 117 Å². The van der Waals surface area contributed by atoms with Crippen molar-refractivity contribution in [2.24, 2.45) is 0 Å². The van der Waals surface area contributed by atoms with E-state index in [0.717, 1.165) is 0 Å². The van der Waals surface area contributed by atoms with Crippen molar-refractivity contribution in [2.45, 2.75) is 0 Å². The fraction of sp³-hybridized carbons (Fsp3) is 0.417. The van der Waals surface area contributed by atoms with E-state index in [2.05, 4.69) is 0 Å². The van der Waals surface area contributed by atoms with Crippen molar-refractivity contribution in [1.29, 1.82) is 0 Å². The topological polar surface area (TPSA) is 92.2 Å². The van der Waals surface area contributed by atoms with Crippen molar-refractivity contribution in [3.63, 3.8) is 0 Å². The molecule has 4 N–H and O–H groups in total. The summed E-state index contributed by atoms with van der Waals surface area (Å²) < 4.78 is 37.8. The van der Waals surface area contributed by atoms with E-state index in [1.54, 1.807) is 0 Å². The Kier molecular flexibility index (Phi) is 3.96. The predicted molar refractivity (Wildman–Crippen MR) is 76.5 cm³/mol. The van der Waals surface area contributed by atoms with Crippen LogP contribution in [0.4, 0.5) is 15.8 Å². The van der Waals surface area contributed by atoms with Gasteiger partial charge in [0.15, 0.2) is 6.21 Å². The highest BCUT2D eigenvalue weighted by Crippen LogP contribution is 2.26. The number of nitrogens with zero attached hydrogens (tertiary/aromatic N) is 2. The quantitative estimate of drug-likeness (QED) is 0.534. The molecule has 1 aromatic rings. The molecule has 0 amide bonds. The van der Waals surface area contributed by atoms with E-state index < -0.39 is 15.8 Å². The van der Waals surface area contributed by atoms with Crippen molar-refractivity contribution in [3.05, 3.63) is 23.5 Å². The Morgan fingerprint density at radius 3 is 2.40 bits per heavy atom. The molecule has 0 unspecified atom stereocenters. The summed E-state index contributed by atoms with van der Waals surface area (Å²) in [6.07, 6.45) is 2.52. The molecule has 8 heteroatoms. The van der Waals surface area contributed by atoms with Crippen LogP contribution in [0.5, 0.6) is 0 Å². The smallest absolute Gasteiger partial charge is 0.211 e. The maximum absolute atomic E-state index is 13.5. The molecule has 20 heavy (non-hydrogen) atoms. The van der Waals surface area contributed by atoms with Crippen LogP contribution in [0.1, 0.15) is 5.56 Å². The number of anilines is 2. The second kappa shape index (κ2) is 5.37. The van der Waals surface area contributed by atoms with Crippen LogP contribution in [-0.4, -0.2) is 51.4 Å². The maximum Gasteiger partial charge on any atom is 0.211 e. The molecule has 1 fully saturated rings. The Morgan fingerprint density at radius 2 is 1.90 bits per heavy atom. The lowest BCUT2D eigenvalue weighted by atomic mass is 10.1. The number of benzene rings is 1. The van der Waals surface area contributed by atoms with E-state index in [-0.39, 0.29) is 5.69 Å². The van der Waals surface area contributed by atoms with E-state index in [1.165, 1.54) is 28.9 Å². The summed E-state index contributed by atoms with van der Waals surface area (Å²) >= 11 is 0. The third kappa shape index (κ3) is 2.91. The Balaban J connectivity index is 2.25. The highest BCUT2D eigenvalue weighted by atomic mass is 32.2. The van der Waals surface area contributed by atoms with Gasteiger partial charge in [0, 0.05) is 31.9 Å². The number of piperazine rings is 1. The Morgan fingerprint density at radius 1 is 1.30 bits per heavy atom. The van der Waals surface area contributed by atoms with E-state index in [4.69, 9.17) is 11.1 Å². The highest BCUT2D eigenvalue weighted by Gasteiger charge is 2.25. The second-order valence-electron chi connectivity index (χ2n) is 4.74. The van der Waals surface area contributed by atoms with Gasteiger partial charge in [-0.15, -0.1) is 0 Å². The molecule has 1 saturated heterocycles. The van der Waals surface area contributed by atoms with Gasteiger partial charge < -0.3 is 10.6 Å². The number of hydrogen-bond donors (Lipinski definition) is 2. The maximum atomic E-state index is 13.5. The number of rotatable bonds is 3. The molecule has 0 bridgehead atoms. The minimum atomic E-state index is -3.19. The molecule has 6 nitrogen and oxygen atoms in total. The van der Waals surface area contributed by atoms with Crippen molar-refractivity contribution in [1.82, 2.24) is 4.31 Å². The normalized spacial score (nSPS) is 17.2. The largest absolute Gasteiger partial charge is 0.398 e. The number of nitrogen functional groups attached to an aromatic ring is 1. The molecule has 1 aliphatic rings. The zero-order valence-corrected chi connectivity index (χ0v) is 12.0. The second-order valence-corrected chi connectivity index (χ2v) is 6.73. The molecular formula is C12H18FN4O2S+. The minimum absolute atomic E-state index is 0.271. The van der Waals surface area contributed by atoms with Gasteiger partial charge in [0.25, 0.3) is 0 Å². The van der Waals surface area contributed by atoms with Gasteiger partial charge >= 0.3 is 0 Å². The third-order valence-electron chi connectivity index (χ3n) is 3.37. The molecule has 0 aliphatic carbocycles. The van der Waals surface area contributed by atoms with Gasteiger partial charge in [-0.2, -0.15) is 4.31 Å². The van der Waals surface area contributed by atoms with E-state index >= 15 is 0 Å². The van der Waals surface area contributed by atoms with Crippen LogP contribution in [-0.2, 0) is 10.0 Å². The van der Waals surface area contributed by atoms with Crippen LogP contribution in [0, 0.1) is 5.82 Å². The molecule has 2 rings (SSSR count). The van der Waals surface area contributed by atoms with Gasteiger partial charge in [0.2, 0.25) is 10.0 Å². The first-order chi connectivity index (χ1) is 9.32. The van der Waals surface area contributed by atoms with Gasteiger partial charge in [-0.05, 0) is 12.1 Å². The van der Waals surface area contributed by atoms with Crippen LogP contribution in [0.25, 0.3) is 0 Å². The number of nitrogens with two attached hydrogens (primary N) is 2. The summed E-state index contributed by atoms with van der Waals surface area (Å²) in [5.41, 5.74) is 7.19. The SMILES string of the molecule is CS(=O)(=O)N1CCN(c2cc(F)cc(N)c2C=[NH2+])CC1. The van der Waals surface area contributed by atoms with Crippen molar-refractivity contribution < 1.29 is 18.2 Å². The van der Waals surface area contributed by atoms with Crippen molar-refractivity contribution in [3.8, 4) is 0 Å². The van der Waals surface area contributed by atoms with Gasteiger partial charge in [-0.1, -0.05) is 0 Å². The molecular weight excluding hydrogens is 283 g/mol. The van der Waals surface area contributed by atoms with Crippen LogP contribution >= 0.6 is 0 Å². The molecule has 1 heterocycles.